The van der Waals surface area contributed by atoms with Crippen LogP contribution in [0.4, 0.5) is 0 Å². The highest BCUT2D eigenvalue weighted by Crippen LogP contribution is 2.43. The minimum absolute atomic E-state index is 0.0157. The maximum absolute atomic E-state index is 12.7. The van der Waals surface area contributed by atoms with Crippen molar-refractivity contribution in [2.75, 3.05) is 6.54 Å². The molecule has 0 radical (unpaired) electrons. The van der Waals surface area contributed by atoms with Crippen molar-refractivity contribution in [2.24, 2.45) is 0 Å². The Balaban J connectivity index is 1.24. The molecule has 2 aliphatic rings. The van der Waals surface area contributed by atoms with Crippen molar-refractivity contribution in [2.45, 2.75) is 19.1 Å². The lowest BCUT2D eigenvalue weighted by atomic mass is 10.2. The number of furan rings is 1. The zero-order valence-corrected chi connectivity index (χ0v) is 16.0. The standard InChI is InChI=1S/C20H14N4O4S/c1-10(25)23-9-13-18(23)24(13)19(26)15-8-11-7-12(4-5-14(11)28-15)27-20-22-17-16(29-20)3-2-6-21-17/h2-8,13,18H,9H2,1H3/t13?,18-,24?/m1/s1. The van der Waals surface area contributed by atoms with Crippen LogP contribution in [0.1, 0.15) is 17.5 Å². The summed E-state index contributed by atoms with van der Waals surface area (Å²) in [5.74, 6) is 0.655. The van der Waals surface area contributed by atoms with Gasteiger partial charge in [-0.15, -0.1) is 0 Å². The van der Waals surface area contributed by atoms with Crippen LogP contribution >= 0.6 is 11.3 Å². The van der Waals surface area contributed by atoms with Crippen LogP contribution in [-0.4, -0.2) is 50.3 Å². The van der Waals surface area contributed by atoms with Crippen molar-refractivity contribution in [3.8, 4) is 10.9 Å². The number of aromatic nitrogens is 2. The van der Waals surface area contributed by atoms with Gasteiger partial charge >= 0.3 is 0 Å². The molecule has 4 aromatic rings. The van der Waals surface area contributed by atoms with Crippen molar-refractivity contribution >= 4 is 44.5 Å². The fourth-order valence-corrected chi connectivity index (χ4v) is 4.57. The molecule has 29 heavy (non-hydrogen) atoms. The van der Waals surface area contributed by atoms with Crippen LogP contribution in [0.3, 0.4) is 0 Å². The van der Waals surface area contributed by atoms with E-state index in [1.165, 1.54) is 18.3 Å². The number of hydrogen-bond acceptors (Lipinski definition) is 7. The van der Waals surface area contributed by atoms with Gasteiger partial charge in [0.25, 0.3) is 11.1 Å². The maximum Gasteiger partial charge on any atom is 0.291 e. The monoisotopic (exact) mass is 406 g/mol. The number of hydrogen-bond donors (Lipinski definition) is 0. The molecule has 1 aromatic carbocycles. The molecule has 144 valence electrons. The Morgan fingerprint density at radius 1 is 1.28 bits per heavy atom. The normalized spacial score (nSPS) is 19.9. The number of pyridine rings is 1. The van der Waals surface area contributed by atoms with E-state index in [1.54, 1.807) is 34.2 Å². The Kier molecular flexibility index (Phi) is 3.28. The average Bonchev–Trinajstić information content (AvgIpc) is 3.03. The van der Waals surface area contributed by atoms with Crippen LogP contribution in [0.25, 0.3) is 21.3 Å². The summed E-state index contributed by atoms with van der Waals surface area (Å²) in [6.45, 7) is 2.11. The largest absolute Gasteiger partial charge is 0.451 e. The van der Waals surface area contributed by atoms with Crippen LogP contribution in [-0.2, 0) is 4.79 Å². The molecule has 2 fully saturated rings. The van der Waals surface area contributed by atoms with Gasteiger partial charge in [-0.05, 0) is 36.4 Å². The van der Waals surface area contributed by atoms with E-state index in [0.717, 1.165) is 10.1 Å². The van der Waals surface area contributed by atoms with Crippen LogP contribution in [0.15, 0.2) is 47.0 Å². The van der Waals surface area contributed by atoms with Gasteiger partial charge in [0.15, 0.2) is 11.4 Å². The van der Waals surface area contributed by atoms with E-state index in [2.05, 4.69) is 9.97 Å². The Bertz CT molecular complexity index is 1280. The Morgan fingerprint density at radius 2 is 2.17 bits per heavy atom. The fourth-order valence-electron chi connectivity index (χ4n) is 3.77. The van der Waals surface area contributed by atoms with E-state index in [9.17, 15) is 9.59 Å². The average molecular weight is 406 g/mol. The van der Waals surface area contributed by atoms with E-state index in [1.807, 2.05) is 18.2 Å². The number of thiazole rings is 1. The Hall–Kier alpha value is -3.46. The van der Waals surface area contributed by atoms with Crippen molar-refractivity contribution in [1.29, 1.82) is 0 Å². The number of fused-ring (bicyclic) bond motifs is 3. The van der Waals surface area contributed by atoms with Gasteiger partial charge in [0.1, 0.15) is 17.5 Å². The Labute approximate surface area is 168 Å². The van der Waals surface area contributed by atoms with E-state index in [-0.39, 0.29) is 29.8 Å². The van der Waals surface area contributed by atoms with Crippen molar-refractivity contribution in [1.82, 2.24) is 19.8 Å². The molecule has 0 saturated carbocycles. The minimum Gasteiger partial charge on any atom is -0.451 e. The third-order valence-corrected chi connectivity index (χ3v) is 6.18. The first kappa shape index (κ1) is 16.5. The molecule has 9 heteroatoms. The molecule has 0 bridgehead atoms. The first-order valence-electron chi connectivity index (χ1n) is 9.11. The summed E-state index contributed by atoms with van der Waals surface area (Å²) in [4.78, 5) is 36.2. The van der Waals surface area contributed by atoms with Crippen LogP contribution in [0.2, 0.25) is 0 Å². The lowest BCUT2D eigenvalue weighted by Crippen LogP contribution is -2.45. The summed E-state index contributed by atoms with van der Waals surface area (Å²) in [6, 6.07) is 11.0. The smallest absolute Gasteiger partial charge is 0.291 e. The molecule has 5 heterocycles. The third-order valence-electron chi connectivity index (χ3n) is 5.29. The molecule has 0 N–H and O–H groups in total. The zero-order valence-electron chi connectivity index (χ0n) is 15.2. The van der Waals surface area contributed by atoms with E-state index in [0.29, 0.717) is 28.7 Å². The highest BCUT2D eigenvalue weighted by atomic mass is 32.1. The topological polar surface area (TPSA) is 88.5 Å². The molecule has 2 atom stereocenters. The van der Waals surface area contributed by atoms with Gasteiger partial charge in [-0.1, -0.05) is 11.3 Å². The number of carbonyl (C=O) groups is 2. The molecular weight excluding hydrogens is 392 g/mol. The summed E-state index contributed by atoms with van der Waals surface area (Å²) in [6.07, 6.45) is 1.58. The molecule has 0 spiro atoms. The second-order valence-electron chi connectivity index (χ2n) is 7.08. The number of rotatable bonds is 3. The lowest BCUT2D eigenvalue weighted by molar-refractivity contribution is -0.131. The van der Waals surface area contributed by atoms with Crippen molar-refractivity contribution in [3.63, 3.8) is 0 Å². The number of likely N-dealkylation sites (tertiary alicyclic amines) is 1. The molecule has 2 amide bonds. The predicted molar refractivity (Wildman–Crippen MR) is 105 cm³/mol. The SMILES string of the molecule is CC(=O)N1CC2[C@H]1N2C(=O)c1cc2cc(Oc3nc4ncccc4s3)ccc2o1. The third kappa shape index (κ3) is 2.51. The summed E-state index contributed by atoms with van der Waals surface area (Å²) < 4.78 is 12.6. The lowest BCUT2D eigenvalue weighted by Gasteiger charge is -2.24. The molecule has 1 unspecified atom stereocenters. The molecular formula is C20H14N4O4S. The number of carbonyl (C=O) groups excluding carboxylic acids is 2. The quantitative estimate of drug-likeness (QED) is 0.485. The first-order valence-corrected chi connectivity index (χ1v) is 9.93. The molecule has 0 aliphatic carbocycles. The van der Waals surface area contributed by atoms with Gasteiger partial charge < -0.3 is 19.0 Å². The van der Waals surface area contributed by atoms with Gasteiger partial charge in [0.2, 0.25) is 5.91 Å². The van der Waals surface area contributed by atoms with Crippen LogP contribution in [0.5, 0.6) is 10.9 Å². The highest BCUT2D eigenvalue weighted by Gasteiger charge is 2.64. The van der Waals surface area contributed by atoms with Gasteiger partial charge in [-0.3, -0.25) is 9.59 Å². The van der Waals surface area contributed by atoms with Gasteiger partial charge in [0.05, 0.1) is 10.7 Å². The predicted octanol–water partition coefficient (Wildman–Crippen LogP) is 3.24. The van der Waals surface area contributed by atoms with Gasteiger partial charge in [0, 0.05) is 25.1 Å². The molecule has 2 aliphatic heterocycles. The number of ether oxygens (including phenoxy) is 1. The highest BCUT2D eigenvalue weighted by molar-refractivity contribution is 7.20. The summed E-state index contributed by atoms with van der Waals surface area (Å²) >= 11 is 1.42. The zero-order chi connectivity index (χ0) is 19.7. The maximum atomic E-state index is 12.7. The van der Waals surface area contributed by atoms with Crippen molar-refractivity contribution < 1.29 is 18.7 Å². The van der Waals surface area contributed by atoms with Gasteiger partial charge in [-0.25, -0.2) is 4.98 Å². The minimum atomic E-state index is -0.195. The van der Waals surface area contributed by atoms with Crippen molar-refractivity contribution in [3.05, 3.63) is 48.4 Å². The first-order chi connectivity index (χ1) is 14.1. The molecule has 2 saturated heterocycles. The van der Waals surface area contributed by atoms with E-state index in [4.69, 9.17) is 9.15 Å². The fraction of sp³-hybridized carbons (Fsp3) is 0.200. The second kappa shape index (κ2) is 5.77. The summed E-state index contributed by atoms with van der Waals surface area (Å²) in [5.41, 5.74) is 1.25. The molecule has 8 nitrogen and oxygen atoms in total. The number of amides is 2. The van der Waals surface area contributed by atoms with Crippen LogP contribution in [0, 0.1) is 0 Å². The summed E-state index contributed by atoms with van der Waals surface area (Å²) in [5, 5.41) is 1.27. The molecule has 3 aromatic heterocycles. The number of nitrogens with zero attached hydrogens (tertiary/aromatic N) is 4. The van der Waals surface area contributed by atoms with Gasteiger partial charge in [-0.2, -0.15) is 4.98 Å². The van der Waals surface area contributed by atoms with Crippen LogP contribution < -0.4 is 4.74 Å². The summed E-state index contributed by atoms with van der Waals surface area (Å²) in [7, 11) is 0. The molecule has 6 rings (SSSR count). The Morgan fingerprint density at radius 3 is 2.97 bits per heavy atom. The second-order valence-corrected chi connectivity index (χ2v) is 8.08. The number of benzene rings is 1. The van der Waals surface area contributed by atoms with E-state index >= 15 is 0 Å². The van der Waals surface area contributed by atoms with E-state index < -0.39 is 0 Å².